The average molecular weight is 262 g/mol. The van der Waals surface area contributed by atoms with Gasteiger partial charge in [-0.05, 0) is 32.1 Å². The molecule has 0 spiro atoms. The lowest BCUT2D eigenvalue weighted by atomic mass is 10.2. The van der Waals surface area contributed by atoms with Gasteiger partial charge in [0.15, 0.2) is 0 Å². The number of nitrogens with two attached hydrogens (primary N) is 1. The van der Waals surface area contributed by atoms with Gasteiger partial charge in [0.05, 0.1) is 5.56 Å². The summed E-state index contributed by atoms with van der Waals surface area (Å²) in [6.07, 6.45) is 2.31. The van der Waals surface area contributed by atoms with Crippen LogP contribution in [0.1, 0.15) is 27.3 Å². The zero-order chi connectivity index (χ0) is 13.8. The summed E-state index contributed by atoms with van der Waals surface area (Å²) in [6.45, 7) is 3.31. The van der Waals surface area contributed by atoms with Crippen molar-refractivity contribution in [1.82, 2.24) is 14.8 Å². The number of amides is 2. The van der Waals surface area contributed by atoms with Crippen LogP contribution < -0.4 is 5.73 Å². The van der Waals surface area contributed by atoms with Gasteiger partial charge in [-0.1, -0.05) is 0 Å². The van der Waals surface area contributed by atoms with E-state index < -0.39 is 5.91 Å². The summed E-state index contributed by atoms with van der Waals surface area (Å²) in [7, 11) is 2.05. The molecule has 2 amide bonds. The Hall–Kier alpha value is -1.95. The summed E-state index contributed by atoms with van der Waals surface area (Å²) in [5.41, 5.74) is 5.81. The molecular weight excluding hydrogens is 244 g/mol. The maximum atomic E-state index is 12.3. The third kappa shape index (κ3) is 3.29. The normalized spacial score (nSPS) is 17.0. The second-order valence-electron chi connectivity index (χ2n) is 4.75. The molecule has 0 bridgehead atoms. The highest BCUT2D eigenvalue weighted by Gasteiger charge is 2.19. The smallest absolute Gasteiger partial charge is 0.272 e. The number of hydrogen-bond donors (Lipinski definition) is 1. The third-order valence-corrected chi connectivity index (χ3v) is 3.27. The van der Waals surface area contributed by atoms with Gasteiger partial charge in [-0.3, -0.25) is 14.6 Å². The lowest BCUT2D eigenvalue weighted by Gasteiger charge is -2.20. The van der Waals surface area contributed by atoms with Crippen LogP contribution in [0.5, 0.6) is 0 Å². The van der Waals surface area contributed by atoms with Crippen molar-refractivity contribution in [2.45, 2.75) is 6.42 Å². The zero-order valence-corrected chi connectivity index (χ0v) is 11.0. The SMILES string of the molecule is CN1CCCN(C(=O)c2ccc(C(N)=O)cn2)CC1. The fourth-order valence-corrected chi connectivity index (χ4v) is 2.08. The zero-order valence-electron chi connectivity index (χ0n) is 11.0. The van der Waals surface area contributed by atoms with Gasteiger partial charge in [0.2, 0.25) is 5.91 Å². The van der Waals surface area contributed by atoms with Gasteiger partial charge in [0, 0.05) is 25.8 Å². The van der Waals surface area contributed by atoms with E-state index in [0.29, 0.717) is 17.8 Å². The molecule has 6 nitrogen and oxygen atoms in total. The molecule has 0 aromatic carbocycles. The Kier molecular flexibility index (Phi) is 4.11. The number of hydrogen-bond acceptors (Lipinski definition) is 4. The van der Waals surface area contributed by atoms with Gasteiger partial charge < -0.3 is 15.5 Å². The first kappa shape index (κ1) is 13.5. The largest absolute Gasteiger partial charge is 0.366 e. The lowest BCUT2D eigenvalue weighted by molar-refractivity contribution is 0.0756. The Morgan fingerprint density at radius 3 is 2.63 bits per heavy atom. The molecule has 1 aromatic heterocycles. The molecule has 1 fully saturated rings. The standard InChI is InChI=1S/C13H18N4O2/c1-16-5-2-6-17(8-7-16)13(19)11-4-3-10(9-15-11)12(14)18/h3-4,9H,2,5-8H2,1H3,(H2,14,18). The molecule has 0 radical (unpaired) electrons. The molecule has 2 N–H and O–H groups in total. The second kappa shape index (κ2) is 5.79. The van der Waals surface area contributed by atoms with E-state index in [-0.39, 0.29) is 5.91 Å². The minimum absolute atomic E-state index is 0.0914. The van der Waals surface area contributed by atoms with E-state index >= 15 is 0 Å². The molecule has 2 heterocycles. The monoisotopic (exact) mass is 262 g/mol. The van der Waals surface area contributed by atoms with Crippen LogP contribution in [0.25, 0.3) is 0 Å². The molecule has 0 saturated carbocycles. The fourth-order valence-electron chi connectivity index (χ4n) is 2.08. The van der Waals surface area contributed by atoms with E-state index in [9.17, 15) is 9.59 Å². The van der Waals surface area contributed by atoms with E-state index in [0.717, 1.165) is 26.1 Å². The predicted octanol–water partition coefficient (Wildman–Crippen LogP) is -0.0418. The molecule has 19 heavy (non-hydrogen) atoms. The number of nitrogens with zero attached hydrogens (tertiary/aromatic N) is 3. The summed E-state index contributed by atoms with van der Waals surface area (Å²) in [5, 5.41) is 0. The molecule has 2 rings (SSSR count). The topological polar surface area (TPSA) is 79.5 Å². The van der Waals surface area contributed by atoms with Crippen LogP contribution in [0.2, 0.25) is 0 Å². The molecule has 0 unspecified atom stereocenters. The number of primary amides is 1. The van der Waals surface area contributed by atoms with Crippen molar-refractivity contribution in [1.29, 1.82) is 0 Å². The van der Waals surface area contributed by atoms with Crippen molar-refractivity contribution in [2.75, 3.05) is 33.2 Å². The quantitative estimate of drug-likeness (QED) is 0.811. The third-order valence-electron chi connectivity index (χ3n) is 3.27. The van der Waals surface area contributed by atoms with Crippen LogP contribution >= 0.6 is 0 Å². The van der Waals surface area contributed by atoms with Gasteiger partial charge in [0.1, 0.15) is 5.69 Å². The first-order valence-electron chi connectivity index (χ1n) is 6.31. The summed E-state index contributed by atoms with van der Waals surface area (Å²) >= 11 is 0. The Labute approximate surface area is 112 Å². The van der Waals surface area contributed by atoms with E-state index in [2.05, 4.69) is 9.88 Å². The lowest BCUT2D eigenvalue weighted by Crippen LogP contribution is -2.35. The Balaban J connectivity index is 2.08. The summed E-state index contributed by atoms with van der Waals surface area (Å²) < 4.78 is 0. The van der Waals surface area contributed by atoms with E-state index in [1.807, 2.05) is 7.05 Å². The molecule has 6 heteroatoms. The highest BCUT2D eigenvalue weighted by Crippen LogP contribution is 2.07. The molecule has 1 saturated heterocycles. The van der Waals surface area contributed by atoms with Crippen LogP contribution in [0.4, 0.5) is 0 Å². The van der Waals surface area contributed by atoms with E-state index in [1.165, 1.54) is 12.3 Å². The number of pyridine rings is 1. The molecule has 0 aliphatic carbocycles. The predicted molar refractivity (Wildman–Crippen MR) is 70.8 cm³/mol. The number of likely N-dealkylation sites (N-methyl/N-ethyl adjacent to an activating group) is 1. The number of aromatic nitrogens is 1. The highest BCUT2D eigenvalue weighted by molar-refractivity contribution is 5.95. The van der Waals surface area contributed by atoms with Crippen molar-refractivity contribution in [3.8, 4) is 0 Å². The maximum absolute atomic E-state index is 12.3. The molecular formula is C13H18N4O2. The molecule has 1 aromatic rings. The van der Waals surface area contributed by atoms with Crippen molar-refractivity contribution in [2.24, 2.45) is 5.73 Å². The Morgan fingerprint density at radius 2 is 2.00 bits per heavy atom. The van der Waals surface area contributed by atoms with Crippen LogP contribution in [0.15, 0.2) is 18.3 Å². The highest BCUT2D eigenvalue weighted by atomic mass is 16.2. The summed E-state index contributed by atoms with van der Waals surface area (Å²) in [5.74, 6) is -0.630. The minimum Gasteiger partial charge on any atom is -0.366 e. The Bertz CT molecular complexity index is 472. The van der Waals surface area contributed by atoms with Gasteiger partial charge >= 0.3 is 0 Å². The fraction of sp³-hybridized carbons (Fsp3) is 0.462. The minimum atomic E-state index is -0.539. The van der Waals surface area contributed by atoms with Crippen LogP contribution in [0.3, 0.4) is 0 Å². The van der Waals surface area contributed by atoms with E-state index in [1.54, 1.807) is 11.0 Å². The number of carbonyl (C=O) groups is 2. The molecule has 0 atom stereocenters. The van der Waals surface area contributed by atoms with E-state index in [4.69, 9.17) is 5.73 Å². The molecule has 1 aliphatic heterocycles. The van der Waals surface area contributed by atoms with Gasteiger partial charge in [0.25, 0.3) is 5.91 Å². The maximum Gasteiger partial charge on any atom is 0.272 e. The number of rotatable bonds is 2. The first-order valence-corrected chi connectivity index (χ1v) is 6.31. The second-order valence-corrected chi connectivity index (χ2v) is 4.75. The van der Waals surface area contributed by atoms with Crippen LogP contribution in [-0.4, -0.2) is 59.8 Å². The van der Waals surface area contributed by atoms with Crippen molar-refractivity contribution >= 4 is 11.8 Å². The molecule has 1 aliphatic rings. The van der Waals surface area contributed by atoms with Crippen LogP contribution in [0, 0.1) is 0 Å². The number of carbonyl (C=O) groups excluding carboxylic acids is 2. The van der Waals surface area contributed by atoms with Crippen molar-refractivity contribution in [3.63, 3.8) is 0 Å². The van der Waals surface area contributed by atoms with Crippen molar-refractivity contribution in [3.05, 3.63) is 29.6 Å². The molecule has 102 valence electrons. The van der Waals surface area contributed by atoms with Gasteiger partial charge in [-0.15, -0.1) is 0 Å². The van der Waals surface area contributed by atoms with Gasteiger partial charge in [-0.2, -0.15) is 0 Å². The summed E-state index contributed by atoms with van der Waals surface area (Å²) in [4.78, 5) is 31.2. The van der Waals surface area contributed by atoms with Crippen LogP contribution in [-0.2, 0) is 0 Å². The van der Waals surface area contributed by atoms with Gasteiger partial charge in [-0.25, -0.2) is 0 Å². The van der Waals surface area contributed by atoms with Crippen molar-refractivity contribution < 1.29 is 9.59 Å². The average Bonchev–Trinajstić information content (AvgIpc) is 2.63. The first-order chi connectivity index (χ1) is 9.08. The Morgan fingerprint density at radius 1 is 1.21 bits per heavy atom. The summed E-state index contributed by atoms with van der Waals surface area (Å²) in [6, 6.07) is 3.09.